The molecule has 0 spiro atoms. The molecule has 1 aromatic heterocycles. The van der Waals surface area contributed by atoms with Crippen LogP contribution in [0, 0.1) is 0 Å². The zero-order valence-electron chi connectivity index (χ0n) is 9.34. The average molecular weight is 248 g/mol. The highest BCUT2D eigenvalue weighted by molar-refractivity contribution is 7.14. The Hall–Kier alpha value is -1.81. The van der Waals surface area contributed by atoms with E-state index in [0.29, 0.717) is 18.5 Å². The van der Waals surface area contributed by atoms with Crippen molar-refractivity contribution in [1.82, 2.24) is 0 Å². The topological polar surface area (TPSA) is 46.5 Å². The molecule has 3 nitrogen and oxygen atoms in total. The first-order valence-electron chi connectivity index (χ1n) is 5.25. The van der Waals surface area contributed by atoms with Gasteiger partial charge in [-0.05, 0) is 19.1 Å². The van der Waals surface area contributed by atoms with E-state index in [2.05, 4.69) is 0 Å². The minimum Gasteiger partial charge on any atom is -0.506 e. The van der Waals surface area contributed by atoms with Gasteiger partial charge in [0.1, 0.15) is 11.5 Å². The number of ether oxygens (including phenoxy) is 1. The van der Waals surface area contributed by atoms with Crippen LogP contribution >= 0.6 is 11.3 Å². The van der Waals surface area contributed by atoms with Crippen LogP contribution in [0.2, 0.25) is 0 Å². The summed E-state index contributed by atoms with van der Waals surface area (Å²) in [6, 6.07) is 7.49. The lowest BCUT2D eigenvalue weighted by Crippen LogP contribution is -1.93. The molecular weight excluding hydrogens is 236 g/mol. The summed E-state index contributed by atoms with van der Waals surface area (Å²) in [5.41, 5.74) is 1.16. The summed E-state index contributed by atoms with van der Waals surface area (Å²) in [7, 11) is 0. The van der Waals surface area contributed by atoms with Crippen molar-refractivity contribution in [2.75, 3.05) is 6.61 Å². The second kappa shape index (κ2) is 5.01. The lowest BCUT2D eigenvalue weighted by molar-refractivity contribution is 0.112. The molecule has 0 unspecified atom stereocenters. The Kier molecular flexibility index (Phi) is 3.44. The largest absolute Gasteiger partial charge is 0.506 e. The summed E-state index contributed by atoms with van der Waals surface area (Å²) >= 11 is 1.33. The van der Waals surface area contributed by atoms with E-state index in [-0.39, 0.29) is 5.75 Å². The van der Waals surface area contributed by atoms with E-state index >= 15 is 0 Å². The molecule has 0 aliphatic rings. The van der Waals surface area contributed by atoms with Crippen LogP contribution in [0.1, 0.15) is 17.3 Å². The Morgan fingerprint density at radius 3 is 2.88 bits per heavy atom. The minimum absolute atomic E-state index is 0.0197. The predicted octanol–water partition coefficient (Wildman–Crippen LogP) is 3.33. The van der Waals surface area contributed by atoms with Crippen LogP contribution in [-0.4, -0.2) is 18.0 Å². The van der Waals surface area contributed by atoms with Gasteiger partial charge in [-0.3, -0.25) is 4.79 Å². The Morgan fingerprint density at radius 2 is 2.18 bits per heavy atom. The van der Waals surface area contributed by atoms with Crippen molar-refractivity contribution >= 4 is 17.6 Å². The first-order chi connectivity index (χ1) is 8.27. The molecule has 1 aromatic carbocycles. The second-order valence-electron chi connectivity index (χ2n) is 3.41. The van der Waals surface area contributed by atoms with Crippen LogP contribution in [0.5, 0.6) is 11.5 Å². The molecule has 0 atom stereocenters. The zero-order chi connectivity index (χ0) is 12.3. The smallest absolute Gasteiger partial charge is 0.155 e. The van der Waals surface area contributed by atoms with Crippen LogP contribution in [0.3, 0.4) is 0 Å². The minimum atomic E-state index is 0.0197. The standard InChI is InChI=1S/C13H12O3S/c1-2-16-12-6-4-3-5-9(12)13-10(7-14)11(15)8-17-13/h3-8,15H,2H2,1H3. The van der Waals surface area contributed by atoms with Crippen molar-refractivity contribution in [2.45, 2.75) is 6.92 Å². The molecule has 2 aromatic rings. The van der Waals surface area contributed by atoms with E-state index in [4.69, 9.17) is 4.74 Å². The summed E-state index contributed by atoms with van der Waals surface area (Å²) < 4.78 is 5.51. The third kappa shape index (κ3) is 2.17. The number of aldehydes is 1. The molecule has 0 radical (unpaired) electrons. The molecule has 0 aliphatic heterocycles. The molecule has 0 saturated heterocycles. The fourth-order valence-corrected chi connectivity index (χ4v) is 2.55. The fraction of sp³-hybridized carbons (Fsp3) is 0.154. The predicted molar refractivity (Wildman–Crippen MR) is 68.0 cm³/mol. The van der Waals surface area contributed by atoms with Gasteiger partial charge < -0.3 is 9.84 Å². The molecule has 17 heavy (non-hydrogen) atoms. The molecule has 0 fully saturated rings. The van der Waals surface area contributed by atoms with E-state index in [1.54, 1.807) is 5.38 Å². The van der Waals surface area contributed by atoms with E-state index in [1.807, 2.05) is 31.2 Å². The van der Waals surface area contributed by atoms with Gasteiger partial charge in [0.05, 0.1) is 17.0 Å². The van der Waals surface area contributed by atoms with Crippen LogP contribution < -0.4 is 4.74 Å². The summed E-state index contributed by atoms with van der Waals surface area (Å²) in [6.07, 6.45) is 0.671. The number of carbonyl (C=O) groups is 1. The fourth-order valence-electron chi connectivity index (χ4n) is 1.62. The first-order valence-corrected chi connectivity index (χ1v) is 6.13. The van der Waals surface area contributed by atoms with E-state index < -0.39 is 0 Å². The van der Waals surface area contributed by atoms with Gasteiger partial charge in [0.2, 0.25) is 0 Å². The molecule has 1 N–H and O–H groups in total. The molecule has 1 heterocycles. The van der Waals surface area contributed by atoms with Crippen LogP contribution in [0.4, 0.5) is 0 Å². The zero-order valence-corrected chi connectivity index (χ0v) is 10.2. The molecule has 4 heteroatoms. The number of hydrogen-bond donors (Lipinski definition) is 1. The molecule has 0 bridgehead atoms. The number of para-hydroxylation sites is 1. The Balaban J connectivity index is 2.55. The first kappa shape index (κ1) is 11.7. The monoisotopic (exact) mass is 248 g/mol. The van der Waals surface area contributed by atoms with Crippen molar-refractivity contribution in [3.63, 3.8) is 0 Å². The SMILES string of the molecule is CCOc1ccccc1-c1scc(O)c1C=O. The van der Waals surface area contributed by atoms with Crippen molar-refractivity contribution in [3.8, 4) is 21.9 Å². The maximum absolute atomic E-state index is 11.0. The number of rotatable bonds is 4. The summed E-state index contributed by atoms with van der Waals surface area (Å²) in [6.45, 7) is 2.47. The summed E-state index contributed by atoms with van der Waals surface area (Å²) in [5, 5.41) is 11.1. The molecular formula is C13H12O3S. The highest BCUT2D eigenvalue weighted by Gasteiger charge is 2.15. The normalized spacial score (nSPS) is 10.2. The number of aromatic hydroxyl groups is 1. The van der Waals surface area contributed by atoms with Gasteiger partial charge in [0.25, 0.3) is 0 Å². The van der Waals surface area contributed by atoms with Crippen molar-refractivity contribution in [3.05, 3.63) is 35.2 Å². The third-order valence-electron chi connectivity index (χ3n) is 2.36. The van der Waals surface area contributed by atoms with E-state index in [9.17, 15) is 9.90 Å². The molecule has 0 saturated carbocycles. The second-order valence-corrected chi connectivity index (χ2v) is 4.29. The third-order valence-corrected chi connectivity index (χ3v) is 3.38. The Bertz CT molecular complexity index is 531. The maximum Gasteiger partial charge on any atom is 0.155 e. The van der Waals surface area contributed by atoms with E-state index in [1.165, 1.54) is 11.3 Å². The van der Waals surface area contributed by atoms with Crippen molar-refractivity contribution in [2.24, 2.45) is 0 Å². The van der Waals surface area contributed by atoms with Gasteiger partial charge in [-0.25, -0.2) is 0 Å². The highest BCUT2D eigenvalue weighted by atomic mass is 32.1. The van der Waals surface area contributed by atoms with Gasteiger partial charge in [-0.2, -0.15) is 0 Å². The van der Waals surface area contributed by atoms with Gasteiger partial charge in [0.15, 0.2) is 6.29 Å². The Labute approximate surface area is 103 Å². The van der Waals surface area contributed by atoms with Gasteiger partial charge in [-0.15, -0.1) is 11.3 Å². The van der Waals surface area contributed by atoms with Gasteiger partial charge in [-0.1, -0.05) is 12.1 Å². The lowest BCUT2D eigenvalue weighted by Gasteiger charge is -2.08. The summed E-state index contributed by atoms with van der Waals surface area (Å²) in [5.74, 6) is 0.742. The van der Waals surface area contributed by atoms with Gasteiger partial charge >= 0.3 is 0 Å². The number of hydrogen-bond acceptors (Lipinski definition) is 4. The highest BCUT2D eigenvalue weighted by Crippen LogP contribution is 2.39. The Morgan fingerprint density at radius 1 is 1.41 bits per heavy atom. The molecule has 0 aliphatic carbocycles. The van der Waals surface area contributed by atoms with E-state index in [0.717, 1.165) is 16.2 Å². The summed E-state index contributed by atoms with van der Waals surface area (Å²) in [4.78, 5) is 11.7. The molecule has 88 valence electrons. The van der Waals surface area contributed by atoms with Crippen LogP contribution in [0.15, 0.2) is 29.6 Å². The number of carbonyl (C=O) groups excluding carboxylic acids is 1. The quantitative estimate of drug-likeness (QED) is 0.844. The van der Waals surface area contributed by atoms with Crippen molar-refractivity contribution < 1.29 is 14.6 Å². The van der Waals surface area contributed by atoms with Crippen LogP contribution in [-0.2, 0) is 0 Å². The number of benzene rings is 1. The lowest BCUT2D eigenvalue weighted by atomic mass is 10.1. The van der Waals surface area contributed by atoms with Crippen molar-refractivity contribution in [1.29, 1.82) is 0 Å². The maximum atomic E-state index is 11.0. The average Bonchev–Trinajstić information content (AvgIpc) is 2.71. The van der Waals surface area contributed by atoms with Crippen LogP contribution in [0.25, 0.3) is 10.4 Å². The molecule has 0 amide bonds. The van der Waals surface area contributed by atoms with Gasteiger partial charge in [0, 0.05) is 10.9 Å². The molecule has 2 rings (SSSR count). The number of thiophene rings is 1.